The minimum Gasteiger partial charge on any atom is -0.380 e. The molecule has 0 radical (unpaired) electrons. The van der Waals surface area contributed by atoms with Crippen molar-refractivity contribution in [2.24, 2.45) is 5.73 Å². The van der Waals surface area contributed by atoms with Crippen LogP contribution in [0.25, 0.3) is 0 Å². The highest BCUT2D eigenvalue weighted by Crippen LogP contribution is 2.37. The fourth-order valence-corrected chi connectivity index (χ4v) is 2.95. The molecule has 1 aliphatic carbocycles. The molecule has 1 aliphatic rings. The molecule has 0 amide bonds. The Bertz CT molecular complexity index is 462. The van der Waals surface area contributed by atoms with Crippen LogP contribution in [0.15, 0.2) is 22.7 Å². The maximum absolute atomic E-state index is 13.1. The lowest BCUT2D eigenvalue weighted by molar-refractivity contribution is -0.137. The third kappa shape index (κ3) is 3.88. The number of nitrogens with two attached hydrogens (primary N) is 1. The van der Waals surface area contributed by atoms with E-state index in [0.717, 1.165) is 38.2 Å². The summed E-state index contributed by atoms with van der Waals surface area (Å²) in [5, 5.41) is 3.01. The molecule has 1 aromatic carbocycles. The third-order valence-electron chi connectivity index (χ3n) is 3.70. The lowest BCUT2D eigenvalue weighted by Gasteiger charge is -2.26. The summed E-state index contributed by atoms with van der Waals surface area (Å²) in [6.07, 6.45) is 0.443. The zero-order valence-electron chi connectivity index (χ0n) is 11.0. The quantitative estimate of drug-likeness (QED) is 0.768. The van der Waals surface area contributed by atoms with Crippen molar-refractivity contribution in [2.45, 2.75) is 50.4 Å². The molecule has 112 valence electrons. The van der Waals surface area contributed by atoms with Crippen molar-refractivity contribution in [1.82, 2.24) is 0 Å². The molecule has 2 atom stereocenters. The van der Waals surface area contributed by atoms with Crippen LogP contribution in [0.3, 0.4) is 0 Å². The molecule has 1 fully saturated rings. The fraction of sp³-hybridized carbons (Fsp3) is 0.571. The maximum Gasteiger partial charge on any atom is 0.418 e. The second kappa shape index (κ2) is 6.35. The highest BCUT2D eigenvalue weighted by atomic mass is 79.9. The first-order valence-electron chi connectivity index (χ1n) is 6.77. The van der Waals surface area contributed by atoms with Crippen LogP contribution in [0.2, 0.25) is 0 Å². The molecule has 6 heteroatoms. The number of hydrogen-bond donors (Lipinski definition) is 2. The van der Waals surface area contributed by atoms with Gasteiger partial charge in [0.2, 0.25) is 0 Å². The first-order chi connectivity index (χ1) is 9.38. The summed E-state index contributed by atoms with van der Waals surface area (Å²) in [4.78, 5) is 0. The van der Waals surface area contributed by atoms with E-state index in [9.17, 15) is 13.2 Å². The summed E-state index contributed by atoms with van der Waals surface area (Å²) in [5.41, 5.74) is 5.53. The Labute approximate surface area is 125 Å². The third-order valence-corrected chi connectivity index (χ3v) is 4.19. The Kier molecular flexibility index (Phi) is 4.96. The lowest BCUT2D eigenvalue weighted by atomic mass is 10.0. The van der Waals surface area contributed by atoms with Gasteiger partial charge in [0, 0.05) is 22.2 Å². The standard InChI is InChI=1S/C14H18BrF3N2/c15-9-6-7-12(10(8-9)14(16,17)18)20-13-5-3-1-2-4-11(13)19/h6-8,11,13,20H,1-5,19H2. The Balaban J connectivity index is 2.24. The number of alkyl halides is 3. The summed E-state index contributed by atoms with van der Waals surface area (Å²) >= 11 is 3.09. The van der Waals surface area contributed by atoms with Gasteiger partial charge in [-0.15, -0.1) is 0 Å². The SMILES string of the molecule is NC1CCCCCC1Nc1ccc(Br)cc1C(F)(F)F. The van der Waals surface area contributed by atoms with Gasteiger partial charge in [0.15, 0.2) is 0 Å². The van der Waals surface area contributed by atoms with Gasteiger partial charge >= 0.3 is 6.18 Å². The molecule has 3 N–H and O–H groups in total. The van der Waals surface area contributed by atoms with Gasteiger partial charge in [-0.25, -0.2) is 0 Å². The Morgan fingerprint density at radius 2 is 1.85 bits per heavy atom. The van der Waals surface area contributed by atoms with Crippen LogP contribution in [0.1, 0.15) is 37.7 Å². The monoisotopic (exact) mass is 350 g/mol. The smallest absolute Gasteiger partial charge is 0.380 e. The van der Waals surface area contributed by atoms with Gasteiger partial charge in [0.05, 0.1) is 5.56 Å². The average molecular weight is 351 g/mol. The molecule has 1 saturated carbocycles. The summed E-state index contributed by atoms with van der Waals surface area (Å²) in [7, 11) is 0. The summed E-state index contributed by atoms with van der Waals surface area (Å²) in [6.45, 7) is 0. The molecule has 2 unspecified atom stereocenters. The van der Waals surface area contributed by atoms with Crippen molar-refractivity contribution in [3.8, 4) is 0 Å². The molecule has 0 spiro atoms. The molecule has 1 aromatic rings. The van der Waals surface area contributed by atoms with E-state index < -0.39 is 11.7 Å². The van der Waals surface area contributed by atoms with Crippen molar-refractivity contribution in [3.63, 3.8) is 0 Å². The highest BCUT2D eigenvalue weighted by molar-refractivity contribution is 9.10. The van der Waals surface area contributed by atoms with E-state index >= 15 is 0 Å². The number of benzene rings is 1. The molecule has 0 heterocycles. The first-order valence-corrected chi connectivity index (χ1v) is 7.56. The normalized spacial score (nSPS) is 24.2. The predicted molar refractivity (Wildman–Crippen MR) is 77.6 cm³/mol. The Hall–Kier alpha value is -0.750. The van der Waals surface area contributed by atoms with Crippen LogP contribution >= 0.6 is 15.9 Å². The lowest BCUT2D eigenvalue weighted by Crippen LogP contribution is -2.39. The van der Waals surface area contributed by atoms with Crippen LogP contribution in [0.4, 0.5) is 18.9 Å². The Morgan fingerprint density at radius 1 is 1.15 bits per heavy atom. The van der Waals surface area contributed by atoms with Gasteiger partial charge in [0.25, 0.3) is 0 Å². The maximum atomic E-state index is 13.1. The molecule has 0 aliphatic heterocycles. The zero-order valence-corrected chi connectivity index (χ0v) is 12.6. The zero-order chi connectivity index (χ0) is 14.8. The largest absolute Gasteiger partial charge is 0.418 e. The molecular weight excluding hydrogens is 333 g/mol. The average Bonchev–Trinajstić information content (AvgIpc) is 2.56. The topological polar surface area (TPSA) is 38.0 Å². The molecular formula is C14H18BrF3N2. The van der Waals surface area contributed by atoms with Crippen LogP contribution in [0.5, 0.6) is 0 Å². The van der Waals surface area contributed by atoms with E-state index in [0.29, 0.717) is 4.47 Å². The summed E-state index contributed by atoms with van der Waals surface area (Å²) < 4.78 is 39.6. The second-order valence-corrected chi connectivity index (χ2v) is 6.16. The molecule has 2 rings (SSSR count). The van der Waals surface area contributed by atoms with E-state index in [1.807, 2.05) is 0 Å². The molecule has 0 bridgehead atoms. The number of rotatable bonds is 2. The second-order valence-electron chi connectivity index (χ2n) is 5.24. The number of hydrogen-bond acceptors (Lipinski definition) is 2. The van der Waals surface area contributed by atoms with Crippen LogP contribution in [-0.2, 0) is 6.18 Å². The number of nitrogens with one attached hydrogen (secondary N) is 1. The van der Waals surface area contributed by atoms with Gasteiger partial charge in [-0.05, 0) is 31.0 Å². The molecule has 20 heavy (non-hydrogen) atoms. The fourth-order valence-electron chi connectivity index (χ4n) is 2.59. The summed E-state index contributed by atoms with van der Waals surface area (Å²) in [6, 6.07) is 3.98. The van der Waals surface area contributed by atoms with E-state index in [2.05, 4.69) is 21.2 Å². The van der Waals surface area contributed by atoms with Crippen molar-refractivity contribution in [2.75, 3.05) is 5.32 Å². The minimum absolute atomic E-state index is 0.0952. The number of halogens is 4. The highest BCUT2D eigenvalue weighted by Gasteiger charge is 2.34. The van der Waals surface area contributed by atoms with Gasteiger partial charge in [-0.3, -0.25) is 0 Å². The molecule has 0 aromatic heterocycles. The van der Waals surface area contributed by atoms with Crippen molar-refractivity contribution in [3.05, 3.63) is 28.2 Å². The van der Waals surface area contributed by atoms with E-state index in [-0.39, 0.29) is 17.8 Å². The van der Waals surface area contributed by atoms with Crippen molar-refractivity contribution in [1.29, 1.82) is 0 Å². The molecule has 0 saturated heterocycles. The van der Waals surface area contributed by atoms with E-state index in [4.69, 9.17) is 5.73 Å². The van der Waals surface area contributed by atoms with Gasteiger partial charge in [0.1, 0.15) is 0 Å². The van der Waals surface area contributed by atoms with Crippen LogP contribution < -0.4 is 11.1 Å². The number of anilines is 1. The van der Waals surface area contributed by atoms with Crippen LogP contribution in [0, 0.1) is 0 Å². The van der Waals surface area contributed by atoms with Gasteiger partial charge < -0.3 is 11.1 Å². The first kappa shape index (κ1) is 15.6. The van der Waals surface area contributed by atoms with Gasteiger partial charge in [-0.1, -0.05) is 35.2 Å². The van der Waals surface area contributed by atoms with E-state index in [1.54, 1.807) is 6.07 Å². The van der Waals surface area contributed by atoms with E-state index in [1.165, 1.54) is 6.07 Å². The Morgan fingerprint density at radius 3 is 2.55 bits per heavy atom. The van der Waals surface area contributed by atoms with Crippen molar-refractivity contribution >= 4 is 21.6 Å². The molecule has 2 nitrogen and oxygen atoms in total. The van der Waals surface area contributed by atoms with Crippen LogP contribution in [-0.4, -0.2) is 12.1 Å². The predicted octanol–water partition coefficient (Wildman–Crippen LogP) is 4.54. The van der Waals surface area contributed by atoms with Gasteiger partial charge in [-0.2, -0.15) is 13.2 Å². The minimum atomic E-state index is -4.37. The summed E-state index contributed by atoms with van der Waals surface area (Å²) in [5.74, 6) is 0. The van der Waals surface area contributed by atoms with Crippen molar-refractivity contribution < 1.29 is 13.2 Å².